The van der Waals surface area contributed by atoms with Crippen molar-refractivity contribution >= 4 is 11.8 Å². The zero-order chi connectivity index (χ0) is 14.6. The lowest BCUT2D eigenvalue weighted by molar-refractivity contribution is -0.129. The van der Waals surface area contributed by atoms with Gasteiger partial charge in [0, 0.05) is 0 Å². The molecule has 1 aromatic carbocycles. The van der Waals surface area contributed by atoms with Gasteiger partial charge in [-0.15, -0.1) is 0 Å². The molecule has 0 saturated heterocycles. The quantitative estimate of drug-likeness (QED) is 0.729. The summed E-state index contributed by atoms with van der Waals surface area (Å²) in [6, 6.07) is 9.66. The van der Waals surface area contributed by atoms with Crippen LogP contribution in [0.25, 0.3) is 0 Å². The molecule has 0 spiro atoms. The van der Waals surface area contributed by atoms with Crippen molar-refractivity contribution in [2.45, 2.75) is 37.2 Å². The van der Waals surface area contributed by atoms with Crippen LogP contribution in [0.4, 0.5) is 0 Å². The Morgan fingerprint density at radius 3 is 2.40 bits per heavy atom. The molecule has 1 aliphatic carbocycles. The van der Waals surface area contributed by atoms with Crippen LogP contribution in [-0.4, -0.2) is 29.6 Å². The van der Waals surface area contributed by atoms with Gasteiger partial charge in [0.15, 0.2) is 0 Å². The highest BCUT2D eigenvalue weighted by Gasteiger charge is 2.42. The number of hydrogen-bond donors (Lipinski definition) is 3. The first kappa shape index (κ1) is 14.5. The van der Waals surface area contributed by atoms with Crippen molar-refractivity contribution in [3.05, 3.63) is 35.9 Å². The van der Waals surface area contributed by atoms with Gasteiger partial charge in [-0.3, -0.25) is 9.59 Å². The number of hydrogen-bond acceptors (Lipinski definition) is 3. The number of aliphatic hydroxyl groups is 1. The van der Waals surface area contributed by atoms with Crippen LogP contribution in [0.1, 0.15) is 31.2 Å². The molecular weight excluding hydrogens is 256 g/mol. The standard InChI is InChI=1S/C15H20N2O3/c16-13(19)12(18)10-17-14(20)15(8-4-5-9-15)11-6-2-1-3-7-11/h1-3,6-7,12,18H,4-5,8-10H2,(H2,16,19)(H,17,20). The predicted octanol–water partition coefficient (Wildman–Crippen LogP) is 0.461. The van der Waals surface area contributed by atoms with Crippen molar-refractivity contribution in [2.24, 2.45) is 5.73 Å². The number of amides is 2. The summed E-state index contributed by atoms with van der Waals surface area (Å²) in [6.45, 7) is -0.136. The largest absolute Gasteiger partial charge is 0.381 e. The molecule has 0 radical (unpaired) electrons. The highest BCUT2D eigenvalue weighted by Crippen LogP contribution is 2.41. The van der Waals surface area contributed by atoms with Gasteiger partial charge in [0.25, 0.3) is 0 Å². The predicted molar refractivity (Wildman–Crippen MR) is 74.8 cm³/mol. The lowest BCUT2D eigenvalue weighted by Gasteiger charge is -2.28. The molecule has 1 unspecified atom stereocenters. The molecule has 0 bridgehead atoms. The second-order valence-electron chi connectivity index (χ2n) is 5.28. The molecule has 2 amide bonds. The molecule has 0 heterocycles. The summed E-state index contributed by atoms with van der Waals surface area (Å²) >= 11 is 0. The van der Waals surface area contributed by atoms with Gasteiger partial charge in [0.05, 0.1) is 12.0 Å². The molecule has 1 fully saturated rings. The maximum Gasteiger partial charge on any atom is 0.248 e. The number of benzene rings is 1. The molecule has 1 saturated carbocycles. The van der Waals surface area contributed by atoms with Gasteiger partial charge in [-0.1, -0.05) is 43.2 Å². The lowest BCUT2D eigenvalue weighted by Crippen LogP contribution is -2.47. The number of carbonyl (C=O) groups is 2. The molecule has 20 heavy (non-hydrogen) atoms. The lowest BCUT2D eigenvalue weighted by atomic mass is 9.78. The van der Waals surface area contributed by atoms with Gasteiger partial charge >= 0.3 is 0 Å². The van der Waals surface area contributed by atoms with E-state index in [2.05, 4.69) is 5.32 Å². The van der Waals surface area contributed by atoms with Crippen LogP contribution in [0.2, 0.25) is 0 Å². The van der Waals surface area contributed by atoms with E-state index in [1.807, 2.05) is 30.3 Å². The van der Waals surface area contributed by atoms with E-state index in [0.717, 1.165) is 31.2 Å². The van der Waals surface area contributed by atoms with Crippen LogP contribution < -0.4 is 11.1 Å². The van der Waals surface area contributed by atoms with Crippen molar-refractivity contribution in [1.82, 2.24) is 5.32 Å². The van der Waals surface area contributed by atoms with Crippen molar-refractivity contribution in [1.29, 1.82) is 0 Å². The van der Waals surface area contributed by atoms with Crippen LogP contribution >= 0.6 is 0 Å². The van der Waals surface area contributed by atoms with Crippen LogP contribution in [0.3, 0.4) is 0 Å². The average molecular weight is 276 g/mol. The number of carbonyl (C=O) groups excluding carboxylic acids is 2. The van der Waals surface area contributed by atoms with Crippen molar-refractivity contribution in [3.63, 3.8) is 0 Å². The van der Waals surface area contributed by atoms with Gasteiger partial charge in [-0.25, -0.2) is 0 Å². The molecule has 1 aliphatic rings. The van der Waals surface area contributed by atoms with Gasteiger partial charge in [-0.05, 0) is 18.4 Å². The molecule has 2 rings (SSSR count). The van der Waals surface area contributed by atoms with E-state index in [0.29, 0.717) is 0 Å². The minimum atomic E-state index is -1.34. The van der Waals surface area contributed by atoms with Gasteiger partial charge in [-0.2, -0.15) is 0 Å². The number of primary amides is 1. The van der Waals surface area contributed by atoms with E-state index < -0.39 is 17.4 Å². The smallest absolute Gasteiger partial charge is 0.248 e. The Hall–Kier alpha value is -1.88. The molecule has 5 nitrogen and oxygen atoms in total. The van der Waals surface area contributed by atoms with Crippen LogP contribution in [0.5, 0.6) is 0 Å². The molecule has 0 aromatic heterocycles. The third-order valence-corrected chi connectivity index (χ3v) is 4.00. The Kier molecular flexibility index (Phi) is 4.39. The van der Waals surface area contributed by atoms with Gasteiger partial charge < -0.3 is 16.2 Å². The molecule has 1 atom stereocenters. The highest BCUT2D eigenvalue weighted by molar-refractivity contribution is 5.89. The Morgan fingerprint density at radius 2 is 1.85 bits per heavy atom. The van der Waals surface area contributed by atoms with Gasteiger partial charge in [0.2, 0.25) is 11.8 Å². The molecule has 4 N–H and O–H groups in total. The normalized spacial score (nSPS) is 18.4. The van der Waals surface area contributed by atoms with Crippen LogP contribution in [0.15, 0.2) is 30.3 Å². The third-order valence-electron chi connectivity index (χ3n) is 4.00. The summed E-state index contributed by atoms with van der Waals surface area (Å²) in [5.74, 6) is -0.966. The Labute approximate surface area is 118 Å². The number of nitrogens with one attached hydrogen (secondary N) is 1. The maximum atomic E-state index is 12.5. The minimum absolute atomic E-state index is 0.136. The molecule has 108 valence electrons. The average Bonchev–Trinajstić information content (AvgIpc) is 2.96. The van der Waals surface area contributed by atoms with Gasteiger partial charge in [0.1, 0.15) is 6.10 Å². The molecule has 1 aromatic rings. The summed E-state index contributed by atoms with van der Waals surface area (Å²) in [7, 11) is 0. The Balaban J connectivity index is 2.13. The molecule has 0 aliphatic heterocycles. The van der Waals surface area contributed by atoms with Crippen LogP contribution in [0, 0.1) is 0 Å². The topological polar surface area (TPSA) is 92.4 Å². The molecule has 5 heteroatoms. The molecular formula is C15H20N2O3. The van der Waals surface area contributed by atoms with E-state index in [1.165, 1.54) is 0 Å². The zero-order valence-electron chi connectivity index (χ0n) is 11.3. The number of aliphatic hydroxyl groups excluding tert-OH is 1. The van der Waals surface area contributed by atoms with Crippen molar-refractivity contribution in [3.8, 4) is 0 Å². The fourth-order valence-electron chi connectivity index (χ4n) is 2.84. The third kappa shape index (κ3) is 2.82. The monoisotopic (exact) mass is 276 g/mol. The van der Waals surface area contributed by atoms with Crippen molar-refractivity contribution < 1.29 is 14.7 Å². The first-order chi connectivity index (χ1) is 9.56. The first-order valence-corrected chi connectivity index (χ1v) is 6.87. The summed E-state index contributed by atoms with van der Waals surface area (Å²) < 4.78 is 0. The SMILES string of the molecule is NC(=O)C(O)CNC(=O)C1(c2ccccc2)CCCC1. The van der Waals surface area contributed by atoms with E-state index in [4.69, 9.17) is 5.73 Å². The summed E-state index contributed by atoms with van der Waals surface area (Å²) in [5.41, 5.74) is 5.43. The summed E-state index contributed by atoms with van der Waals surface area (Å²) in [5, 5.41) is 12.0. The van der Waals surface area contributed by atoms with E-state index in [-0.39, 0.29) is 12.5 Å². The number of rotatable bonds is 5. The Morgan fingerprint density at radius 1 is 1.25 bits per heavy atom. The minimum Gasteiger partial charge on any atom is -0.381 e. The second kappa shape index (κ2) is 6.05. The van der Waals surface area contributed by atoms with E-state index in [1.54, 1.807) is 0 Å². The Bertz CT molecular complexity index is 481. The summed E-state index contributed by atoms with van der Waals surface area (Å²) in [4.78, 5) is 23.3. The van der Waals surface area contributed by atoms with Crippen LogP contribution in [-0.2, 0) is 15.0 Å². The number of nitrogens with two attached hydrogens (primary N) is 1. The fraction of sp³-hybridized carbons (Fsp3) is 0.467. The van der Waals surface area contributed by atoms with Crippen molar-refractivity contribution in [2.75, 3.05) is 6.54 Å². The maximum absolute atomic E-state index is 12.5. The zero-order valence-corrected chi connectivity index (χ0v) is 11.3. The van der Waals surface area contributed by atoms with E-state index >= 15 is 0 Å². The summed E-state index contributed by atoms with van der Waals surface area (Å²) in [6.07, 6.45) is 2.24. The highest BCUT2D eigenvalue weighted by atomic mass is 16.3. The fourth-order valence-corrected chi connectivity index (χ4v) is 2.84. The first-order valence-electron chi connectivity index (χ1n) is 6.87. The second-order valence-corrected chi connectivity index (χ2v) is 5.28. The van der Waals surface area contributed by atoms with E-state index in [9.17, 15) is 14.7 Å².